The molecule has 80 valence electrons. The quantitative estimate of drug-likeness (QED) is 0.594. The molecule has 1 saturated carbocycles. The molecule has 0 N–H and O–H groups in total. The van der Waals surface area contributed by atoms with E-state index in [2.05, 4.69) is 6.92 Å². The molecule has 3 amide bonds. The molecular formula is C11H15N2O2+. The van der Waals surface area contributed by atoms with Crippen LogP contribution in [0.5, 0.6) is 0 Å². The van der Waals surface area contributed by atoms with Crippen LogP contribution in [0.3, 0.4) is 0 Å². The summed E-state index contributed by atoms with van der Waals surface area (Å²) in [6.07, 6.45) is 2.98. The second kappa shape index (κ2) is 2.68. The van der Waals surface area contributed by atoms with E-state index in [1.165, 1.54) is 4.90 Å². The predicted molar refractivity (Wildman–Crippen MR) is 53.7 cm³/mol. The SMILES string of the molecule is CC1CC1C1C=[N+]2CC(C)N(C1=O)C2=O. The average Bonchev–Trinajstić information content (AvgIpc) is 2.82. The van der Waals surface area contributed by atoms with Gasteiger partial charge in [-0.2, -0.15) is 14.3 Å². The van der Waals surface area contributed by atoms with Crippen LogP contribution in [-0.4, -0.2) is 40.2 Å². The third kappa shape index (κ3) is 1.10. The number of fused-ring (bicyclic) bond motifs is 2. The normalized spacial score (nSPS) is 43.3. The van der Waals surface area contributed by atoms with E-state index in [1.54, 1.807) is 4.58 Å². The first-order chi connectivity index (χ1) is 7.09. The van der Waals surface area contributed by atoms with Gasteiger partial charge in [0.15, 0.2) is 0 Å². The van der Waals surface area contributed by atoms with Crippen molar-refractivity contribution in [1.29, 1.82) is 0 Å². The van der Waals surface area contributed by atoms with Crippen molar-refractivity contribution in [3.63, 3.8) is 0 Å². The van der Waals surface area contributed by atoms with Gasteiger partial charge in [-0.15, -0.1) is 0 Å². The summed E-state index contributed by atoms with van der Waals surface area (Å²) in [6, 6.07) is -0.0858. The number of hydrogen-bond acceptors (Lipinski definition) is 2. The minimum atomic E-state index is -0.128. The van der Waals surface area contributed by atoms with Crippen molar-refractivity contribution in [2.75, 3.05) is 6.54 Å². The van der Waals surface area contributed by atoms with Gasteiger partial charge in [-0.1, -0.05) is 6.92 Å². The largest absolute Gasteiger partial charge is 0.500 e. The van der Waals surface area contributed by atoms with Crippen LogP contribution in [-0.2, 0) is 4.79 Å². The lowest BCUT2D eigenvalue weighted by molar-refractivity contribution is -0.411. The van der Waals surface area contributed by atoms with Gasteiger partial charge in [0.2, 0.25) is 0 Å². The Labute approximate surface area is 88.6 Å². The molecule has 0 aromatic carbocycles. The van der Waals surface area contributed by atoms with Crippen molar-refractivity contribution in [2.24, 2.45) is 17.8 Å². The highest BCUT2D eigenvalue weighted by Crippen LogP contribution is 2.45. The average molecular weight is 207 g/mol. The highest BCUT2D eigenvalue weighted by atomic mass is 16.2. The van der Waals surface area contributed by atoms with E-state index in [0.29, 0.717) is 18.4 Å². The summed E-state index contributed by atoms with van der Waals surface area (Å²) in [5, 5.41) is 0. The van der Waals surface area contributed by atoms with Gasteiger partial charge in [-0.05, 0) is 25.2 Å². The lowest BCUT2D eigenvalue weighted by Crippen LogP contribution is -2.46. The second-order valence-corrected chi connectivity index (χ2v) is 5.04. The lowest BCUT2D eigenvalue weighted by Gasteiger charge is -2.16. The number of hydrogen-bond donors (Lipinski definition) is 0. The minimum Gasteiger partial charge on any atom is -0.246 e. The van der Waals surface area contributed by atoms with Crippen molar-refractivity contribution in [3.05, 3.63) is 0 Å². The fourth-order valence-electron chi connectivity index (χ4n) is 2.77. The standard InChI is InChI=1S/C11H15N2O2/c1-6-3-8(6)9-5-12-4-7(2)13(10(9)14)11(12)15/h5-9H,3-4H2,1-2H3/q+1. The zero-order valence-corrected chi connectivity index (χ0v) is 9.01. The second-order valence-electron chi connectivity index (χ2n) is 5.04. The summed E-state index contributed by atoms with van der Waals surface area (Å²) in [5.41, 5.74) is 0. The lowest BCUT2D eigenvalue weighted by atomic mass is 10.0. The van der Waals surface area contributed by atoms with E-state index in [-0.39, 0.29) is 23.9 Å². The van der Waals surface area contributed by atoms with Gasteiger partial charge in [-0.3, -0.25) is 0 Å². The number of amides is 3. The third-order valence-corrected chi connectivity index (χ3v) is 3.85. The van der Waals surface area contributed by atoms with Crippen LogP contribution in [0.2, 0.25) is 0 Å². The van der Waals surface area contributed by atoms with Crippen LogP contribution in [0, 0.1) is 17.8 Å². The first-order valence-corrected chi connectivity index (χ1v) is 5.58. The summed E-state index contributed by atoms with van der Waals surface area (Å²) < 4.78 is 1.71. The molecule has 1 saturated heterocycles. The molecule has 0 radical (unpaired) electrons. The summed E-state index contributed by atoms with van der Waals surface area (Å²) in [7, 11) is 0. The van der Waals surface area contributed by atoms with E-state index < -0.39 is 0 Å². The summed E-state index contributed by atoms with van der Waals surface area (Å²) >= 11 is 0. The molecule has 2 fully saturated rings. The first-order valence-electron chi connectivity index (χ1n) is 5.58. The van der Waals surface area contributed by atoms with Crippen LogP contribution >= 0.6 is 0 Å². The molecule has 0 aromatic rings. The Hall–Kier alpha value is -1.19. The maximum Gasteiger partial charge on any atom is 0.500 e. The molecule has 4 nitrogen and oxygen atoms in total. The molecule has 15 heavy (non-hydrogen) atoms. The van der Waals surface area contributed by atoms with Crippen LogP contribution < -0.4 is 0 Å². The molecule has 1 aliphatic carbocycles. The van der Waals surface area contributed by atoms with Crippen LogP contribution in [0.25, 0.3) is 0 Å². The number of rotatable bonds is 1. The van der Waals surface area contributed by atoms with Gasteiger partial charge in [0.25, 0.3) is 0 Å². The van der Waals surface area contributed by atoms with Crippen molar-refractivity contribution < 1.29 is 14.2 Å². The minimum absolute atomic E-state index is 0.0237. The fraction of sp³-hybridized carbons (Fsp3) is 0.727. The third-order valence-electron chi connectivity index (χ3n) is 3.85. The van der Waals surface area contributed by atoms with Gasteiger partial charge in [-0.25, -0.2) is 4.79 Å². The van der Waals surface area contributed by atoms with E-state index >= 15 is 0 Å². The smallest absolute Gasteiger partial charge is 0.246 e. The number of urea groups is 1. The monoisotopic (exact) mass is 207 g/mol. The van der Waals surface area contributed by atoms with Gasteiger partial charge >= 0.3 is 11.9 Å². The maximum absolute atomic E-state index is 12.1. The van der Waals surface area contributed by atoms with Crippen molar-refractivity contribution >= 4 is 18.2 Å². The van der Waals surface area contributed by atoms with E-state index in [4.69, 9.17) is 0 Å². The van der Waals surface area contributed by atoms with Gasteiger partial charge < -0.3 is 0 Å². The number of imide groups is 1. The van der Waals surface area contributed by atoms with E-state index in [0.717, 1.165) is 6.42 Å². The Morgan fingerprint density at radius 3 is 2.67 bits per heavy atom. The highest BCUT2D eigenvalue weighted by molar-refractivity contribution is 6.05. The summed E-state index contributed by atoms with van der Waals surface area (Å²) in [6.45, 7) is 4.77. The number of nitrogens with zero attached hydrogens (tertiary/aromatic N) is 2. The molecular weight excluding hydrogens is 192 g/mol. The van der Waals surface area contributed by atoms with Crippen molar-refractivity contribution in [2.45, 2.75) is 26.3 Å². The fourth-order valence-corrected chi connectivity index (χ4v) is 2.77. The zero-order chi connectivity index (χ0) is 10.7. The van der Waals surface area contributed by atoms with Gasteiger partial charge in [0, 0.05) is 0 Å². The van der Waals surface area contributed by atoms with Crippen LogP contribution in [0.15, 0.2) is 0 Å². The Kier molecular flexibility index (Phi) is 1.62. The Bertz CT molecular complexity index is 388. The zero-order valence-electron chi connectivity index (χ0n) is 9.01. The molecule has 2 bridgehead atoms. The highest BCUT2D eigenvalue weighted by Gasteiger charge is 2.57. The van der Waals surface area contributed by atoms with E-state index in [1.807, 2.05) is 13.1 Å². The summed E-state index contributed by atoms with van der Waals surface area (Å²) in [4.78, 5) is 25.2. The molecule has 4 atom stereocenters. The molecule has 0 aromatic heterocycles. The van der Waals surface area contributed by atoms with Crippen molar-refractivity contribution in [3.8, 4) is 0 Å². The first kappa shape index (κ1) is 9.07. The van der Waals surface area contributed by atoms with Gasteiger partial charge in [0.1, 0.15) is 18.5 Å². The van der Waals surface area contributed by atoms with Gasteiger partial charge in [0.05, 0.1) is 6.21 Å². The van der Waals surface area contributed by atoms with Crippen LogP contribution in [0.1, 0.15) is 20.3 Å². The number of carbonyl (C=O) groups is 2. The summed E-state index contributed by atoms with van der Waals surface area (Å²) in [5.74, 6) is 1.10. The van der Waals surface area contributed by atoms with E-state index in [9.17, 15) is 9.59 Å². The maximum atomic E-state index is 12.1. The molecule has 4 heteroatoms. The predicted octanol–water partition coefficient (Wildman–Crippen LogP) is 0.706. The molecule has 4 unspecified atom stereocenters. The topological polar surface area (TPSA) is 40.4 Å². The Morgan fingerprint density at radius 1 is 1.40 bits per heavy atom. The molecule has 3 rings (SSSR count). The Morgan fingerprint density at radius 2 is 2.07 bits per heavy atom. The van der Waals surface area contributed by atoms with Crippen molar-refractivity contribution in [1.82, 2.24) is 4.90 Å². The van der Waals surface area contributed by atoms with Crippen LogP contribution in [0.4, 0.5) is 4.79 Å². The number of carbonyl (C=O) groups excluding carboxylic acids is 2. The Balaban J connectivity index is 1.96. The molecule has 2 heterocycles. The molecule has 0 spiro atoms. The molecule has 2 aliphatic heterocycles. The molecule has 3 aliphatic rings.